The van der Waals surface area contributed by atoms with Crippen LogP contribution in [0.2, 0.25) is 0 Å². The van der Waals surface area contributed by atoms with Crippen molar-refractivity contribution in [2.75, 3.05) is 19.8 Å². The van der Waals surface area contributed by atoms with Gasteiger partial charge in [0.05, 0.1) is 6.61 Å². The predicted molar refractivity (Wildman–Crippen MR) is 46.8 cm³/mol. The van der Waals surface area contributed by atoms with Gasteiger partial charge in [-0.25, -0.2) is 0 Å². The van der Waals surface area contributed by atoms with Crippen LogP contribution in [0, 0.1) is 11.3 Å². The van der Waals surface area contributed by atoms with E-state index in [0.717, 1.165) is 6.54 Å². The molecule has 1 fully saturated rings. The normalized spacial score (nSPS) is 31.5. The second kappa shape index (κ2) is 3.44. The summed E-state index contributed by atoms with van der Waals surface area (Å²) in [7, 11) is 0. The molecule has 70 valence electrons. The Kier molecular flexibility index (Phi) is 2.73. The van der Waals surface area contributed by atoms with Gasteiger partial charge in [-0.15, -0.1) is 0 Å². The summed E-state index contributed by atoms with van der Waals surface area (Å²) in [5.41, 5.74) is 0.0894. The van der Waals surface area contributed by atoms with E-state index in [-0.39, 0.29) is 17.9 Å². The van der Waals surface area contributed by atoms with E-state index in [1.54, 1.807) is 0 Å². The molecule has 1 aliphatic rings. The lowest BCUT2D eigenvalue weighted by atomic mass is 9.80. The van der Waals surface area contributed by atoms with Crippen LogP contribution in [0.3, 0.4) is 0 Å². The molecule has 0 aromatic rings. The van der Waals surface area contributed by atoms with Gasteiger partial charge in [0, 0.05) is 12.0 Å². The van der Waals surface area contributed by atoms with Gasteiger partial charge in [-0.2, -0.15) is 0 Å². The van der Waals surface area contributed by atoms with Crippen LogP contribution in [0.25, 0.3) is 0 Å². The summed E-state index contributed by atoms with van der Waals surface area (Å²) in [6.07, 6.45) is 0. The summed E-state index contributed by atoms with van der Waals surface area (Å²) in [5, 5.41) is 2.85. The highest BCUT2D eigenvalue weighted by Crippen LogP contribution is 2.27. The Balaban J connectivity index is 2.61. The van der Waals surface area contributed by atoms with E-state index in [4.69, 9.17) is 4.74 Å². The molecular weight excluding hydrogens is 154 g/mol. The Bertz CT molecular complexity index is 179. The quantitative estimate of drug-likeness (QED) is 0.633. The van der Waals surface area contributed by atoms with Gasteiger partial charge in [-0.3, -0.25) is 4.79 Å². The summed E-state index contributed by atoms with van der Waals surface area (Å²) in [6.45, 7) is 8.06. The molecule has 0 radical (unpaired) electrons. The predicted octanol–water partition coefficient (Wildman–Crippen LogP) is 0.795. The van der Waals surface area contributed by atoms with Gasteiger partial charge in [-0.05, 0) is 5.92 Å². The van der Waals surface area contributed by atoms with E-state index in [0.29, 0.717) is 12.5 Å². The van der Waals surface area contributed by atoms with Gasteiger partial charge in [0.15, 0.2) is 0 Å². The van der Waals surface area contributed by atoms with Crippen molar-refractivity contribution >= 4 is 5.91 Å². The molecule has 0 saturated carbocycles. The fraction of sp³-hybridized carbons (Fsp3) is 0.889. The lowest BCUT2D eigenvalue weighted by Gasteiger charge is -2.31. The maximum absolute atomic E-state index is 11.0. The molecule has 1 amide bonds. The average Bonchev–Trinajstić information content (AvgIpc) is 2.15. The van der Waals surface area contributed by atoms with Crippen molar-refractivity contribution < 1.29 is 9.53 Å². The van der Waals surface area contributed by atoms with Crippen LogP contribution in [-0.2, 0) is 9.53 Å². The molecule has 1 unspecified atom stereocenters. The van der Waals surface area contributed by atoms with Crippen molar-refractivity contribution in [1.29, 1.82) is 0 Å². The van der Waals surface area contributed by atoms with E-state index in [1.807, 2.05) is 0 Å². The summed E-state index contributed by atoms with van der Waals surface area (Å²) >= 11 is 0. The van der Waals surface area contributed by atoms with Gasteiger partial charge in [0.25, 0.3) is 0 Å². The number of amides is 1. The largest absolute Gasteiger partial charge is 0.371 e. The highest BCUT2D eigenvalue weighted by atomic mass is 16.5. The molecule has 3 nitrogen and oxygen atoms in total. The van der Waals surface area contributed by atoms with Crippen molar-refractivity contribution in [2.24, 2.45) is 11.3 Å². The van der Waals surface area contributed by atoms with Crippen molar-refractivity contribution in [3.8, 4) is 0 Å². The Morgan fingerprint density at radius 1 is 1.58 bits per heavy atom. The zero-order valence-corrected chi connectivity index (χ0v) is 8.02. The number of carbonyl (C=O) groups excluding carboxylic acids is 1. The minimum atomic E-state index is -0.000579. The number of nitrogens with one attached hydrogen (secondary N) is 1. The molecule has 1 heterocycles. The number of hydrogen-bond donors (Lipinski definition) is 1. The minimum Gasteiger partial charge on any atom is -0.371 e. The van der Waals surface area contributed by atoms with Crippen molar-refractivity contribution in [2.45, 2.75) is 20.8 Å². The zero-order chi connectivity index (χ0) is 9.19. The third kappa shape index (κ3) is 1.97. The monoisotopic (exact) mass is 171 g/mol. The van der Waals surface area contributed by atoms with E-state index in [2.05, 4.69) is 26.1 Å². The topological polar surface area (TPSA) is 38.3 Å². The van der Waals surface area contributed by atoms with Gasteiger partial charge < -0.3 is 10.1 Å². The third-order valence-electron chi connectivity index (χ3n) is 2.75. The number of ether oxygens (including phenoxy) is 1. The average molecular weight is 171 g/mol. The van der Waals surface area contributed by atoms with Crippen LogP contribution in [0.5, 0.6) is 0 Å². The van der Waals surface area contributed by atoms with Crippen molar-refractivity contribution in [1.82, 2.24) is 5.32 Å². The van der Waals surface area contributed by atoms with Crippen molar-refractivity contribution in [3.05, 3.63) is 0 Å². The molecule has 0 aromatic carbocycles. The fourth-order valence-corrected chi connectivity index (χ4v) is 1.15. The Morgan fingerprint density at radius 2 is 2.25 bits per heavy atom. The summed E-state index contributed by atoms with van der Waals surface area (Å²) in [5.74, 6) is 0.523. The molecule has 0 spiro atoms. The van der Waals surface area contributed by atoms with Crippen LogP contribution < -0.4 is 5.32 Å². The zero-order valence-electron chi connectivity index (χ0n) is 8.02. The van der Waals surface area contributed by atoms with E-state index in [1.165, 1.54) is 0 Å². The number of carbonyl (C=O) groups is 1. The standard InChI is InChI=1S/C9H17NO2/c1-7(2)9(3)5-10-8(11)4-12-6-9/h7H,4-6H2,1-3H3,(H,10,11). The van der Waals surface area contributed by atoms with Crippen LogP contribution in [0.4, 0.5) is 0 Å². The minimum absolute atomic E-state index is 0.000579. The molecule has 0 aliphatic carbocycles. The molecule has 1 rings (SSSR count). The summed E-state index contributed by atoms with van der Waals surface area (Å²) in [4.78, 5) is 11.0. The van der Waals surface area contributed by atoms with E-state index in [9.17, 15) is 4.79 Å². The van der Waals surface area contributed by atoms with Crippen LogP contribution in [0.1, 0.15) is 20.8 Å². The van der Waals surface area contributed by atoms with Crippen LogP contribution in [0.15, 0.2) is 0 Å². The maximum atomic E-state index is 11.0. The maximum Gasteiger partial charge on any atom is 0.246 e. The van der Waals surface area contributed by atoms with Gasteiger partial charge in [-0.1, -0.05) is 20.8 Å². The molecule has 0 aromatic heterocycles. The molecule has 1 saturated heterocycles. The SMILES string of the molecule is CC(C)C1(C)CNC(=O)COC1. The first-order chi connectivity index (χ1) is 5.54. The second-order valence-electron chi connectivity index (χ2n) is 4.08. The lowest BCUT2D eigenvalue weighted by molar-refractivity contribution is -0.124. The van der Waals surface area contributed by atoms with E-state index < -0.39 is 0 Å². The fourth-order valence-electron chi connectivity index (χ4n) is 1.15. The highest BCUT2D eigenvalue weighted by molar-refractivity contribution is 5.77. The first-order valence-corrected chi connectivity index (χ1v) is 4.39. The van der Waals surface area contributed by atoms with Crippen molar-refractivity contribution in [3.63, 3.8) is 0 Å². The lowest BCUT2D eigenvalue weighted by Crippen LogP contribution is -2.38. The number of hydrogen-bond acceptors (Lipinski definition) is 2. The first kappa shape index (κ1) is 9.52. The first-order valence-electron chi connectivity index (χ1n) is 4.39. The molecule has 12 heavy (non-hydrogen) atoms. The third-order valence-corrected chi connectivity index (χ3v) is 2.75. The molecule has 1 atom stereocenters. The van der Waals surface area contributed by atoms with Crippen LogP contribution in [-0.4, -0.2) is 25.7 Å². The Hall–Kier alpha value is -0.570. The second-order valence-corrected chi connectivity index (χ2v) is 4.08. The van der Waals surface area contributed by atoms with Crippen LogP contribution >= 0.6 is 0 Å². The van der Waals surface area contributed by atoms with E-state index >= 15 is 0 Å². The van der Waals surface area contributed by atoms with Gasteiger partial charge >= 0.3 is 0 Å². The highest BCUT2D eigenvalue weighted by Gasteiger charge is 2.31. The van der Waals surface area contributed by atoms with Gasteiger partial charge in [0.2, 0.25) is 5.91 Å². The Morgan fingerprint density at radius 3 is 2.83 bits per heavy atom. The van der Waals surface area contributed by atoms with Gasteiger partial charge in [0.1, 0.15) is 6.61 Å². The molecule has 1 N–H and O–H groups in total. The smallest absolute Gasteiger partial charge is 0.246 e. The molecule has 1 aliphatic heterocycles. The summed E-state index contributed by atoms with van der Waals surface area (Å²) in [6, 6.07) is 0. The molecule has 0 bridgehead atoms. The Labute approximate surface area is 73.5 Å². The number of rotatable bonds is 1. The summed E-state index contributed by atoms with van der Waals surface area (Å²) < 4.78 is 5.27. The molecule has 3 heteroatoms. The molecular formula is C9H17NO2.